The number of amides is 8. The Kier molecular flexibility index (Phi) is 17.6. The number of nitrogens with zero attached hydrogens (tertiary/aromatic N) is 2. The summed E-state index contributed by atoms with van der Waals surface area (Å²) in [7, 11) is 1.44. The molecule has 4 heterocycles. The number of methoxy groups -OCH3 is 1. The van der Waals surface area contributed by atoms with Crippen LogP contribution in [0, 0.1) is 12.8 Å². The summed E-state index contributed by atoms with van der Waals surface area (Å²) in [6.45, 7) is 4.26. The maximum atomic E-state index is 13.7. The van der Waals surface area contributed by atoms with E-state index in [1.54, 1.807) is 42.1 Å². The molecule has 70 heavy (non-hydrogen) atoms. The molecule has 6 N–H and O–H groups in total. The van der Waals surface area contributed by atoms with E-state index in [2.05, 4.69) is 33.2 Å². The molecule has 2 aromatic carbocycles. The number of hydrogen-bond donors (Lipinski definition) is 6. The fourth-order valence-electron chi connectivity index (χ4n) is 8.03. The second kappa shape index (κ2) is 23.7. The summed E-state index contributed by atoms with van der Waals surface area (Å²) in [6.07, 6.45) is -1.12. The Morgan fingerprint density at radius 1 is 0.843 bits per heavy atom. The van der Waals surface area contributed by atoms with Crippen LogP contribution in [0.5, 0.6) is 11.5 Å². The molecule has 0 radical (unpaired) electrons. The number of carboxylic acid groups (broad SMARTS) is 1. The van der Waals surface area contributed by atoms with Gasteiger partial charge >= 0.3 is 23.9 Å². The fourth-order valence-corrected chi connectivity index (χ4v) is 9.58. The number of carbonyl (C=O) groups is 11. The predicted octanol–water partition coefficient (Wildman–Crippen LogP) is 1.17. The molecule has 8 amide bonds. The van der Waals surface area contributed by atoms with Gasteiger partial charge in [-0.3, -0.25) is 38.4 Å². The average Bonchev–Trinajstić information content (AvgIpc) is 4.06. The molecule has 4 saturated heterocycles. The number of urea groups is 1. The Morgan fingerprint density at radius 3 is 2.19 bits per heavy atom. The van der Waals surface area contributed by atoms with Crippen LogP contribution in [0.4, 0.5) is 4.79 Å². The van der Waals surface area contributed by atoms with E-state index in [-0.39, 0.29) is 66.9 Å². The lowest BCUT2D eigenvalue weighted by Gasteiger charge is -2.23. The number of nitrogens with one attached hydrogen (secondary N) is 5. The molecule has 2 aromatic rings. The number of ether oxygens (including phenoxy) is 2. The Labute approximate surface area is 405 Å². The summed E-state index contributed by atoms with van der Waals surface area (Å²) >= 11 is 1.66. The average molecular weight is 992 g/mol. The second-order valence-electron chi connectivity index (χ2n) is 16.9. The quantitative estimate of drug-likeness (QED) is 0.0635. The van der Waals surface area contributed by atoms with Crippen LogP contribution in [0.15, 0.2) is 54.7 Å². The van der Waals surface area contributed by atoms with Crippen LogP contribution in [0.2, 0.25) is 0 Å². The molecule has 24 heteroatoms. The van der Waals surface area contributed by atoms with Crippen molar-refractivity contribution in [3.8, 4) is 11.5 Å². The number of carboxylic acids is 1. The van der Waals surface area contributed by atoms with Crippen molar-refractivity contribution in [2.75, 3.05) is 26.0 Å². The molecule has 374 valence electrons. The van der Waals surface area contributed by atoms with Gasteiger partial charge in [-0.2, -0.15) is 11.8 Å². The zero-order valence-electron chi connectivity index (χ0n) is 38.3. The minimum absolute atomic E-state index is 0.0134. The first-order valence-corrected chi connectivity index (χ1v) is 23.4. The number of rotatable bonds is 24. The molecule has 0 saturated carbocycles. The van der Waals surface area contributed by atoms with Gasteiger partial charge in [0.15, 0.2) is 5.78 Å². The van der Waals surface area contributed by atoms with Gasteiger partial charge < -0.3 is 50.8 Å². The van der Waals surface area contributed by atoms with E-state index < -0.39 is 110 Å². The molecule has 0 aliphatic carbocycles. The number of thioether (sulfide) groups is 1. The van der Waals surface area contributed by atoms with Gasteiger partial charge in [-0.15, -0.1) is 10.1 Å². The first-order valence-electron chi connectivity index (χ1n) is 22.3. The largest absolute Gasteiger partial charge is 0.496 e. The van der Waals surface area contributed by atoms with Crippen LogP contribution in [-0.2, 0) is 57.6 Å². The number of benzene rings is 2. The number of allylic oxidation sites excluding steroid dienone is 1. The molecule has 23 nitrogen and oxygen atoms in total. The summed E-state index contributed by atoms with van der Waals surface area (Å²) in [4.78, 5) is 148. The van der Waals surface area contributed by atoms with E-state index in [9.17, 15) is 57.8 Å². The summed E-state index contributed by atoms with van der Waals surface area (Å²) < 4.78 is 11.3. The van der Waals surface area contributed by atoms with E-state index in [1.165, 1.54) is 19.2 Å². The van der Waals surface area contributed by atoms with Crippen molar-refractivity contribution in [3.05, 3.63) is 71.4 Å². The summed E-state index contributed by atoms with van der Waals surface area (Å²) in [5.74, 6) is -8.67. The van der Waals surface area contributed by atoms with Crippen molar-refractivity contribution >= 4 is 76.9 Å². The lowest BCUT2D eigenvalue weighted by atomic mass is 9.96. The van der Waals surface area contributed by atoms with Gasteiger partial charge in [-0.1, -0.05) is 30.8 Å². The van der Waals surface area contributed by atoms with Gasteiger partial charge in [0, 0.05) is 48.7 Å². The first kappa shape index (κ1) is 51.9. The van der Waals surface area contributed by atoms with E-state index in [0.29, 0.717) is 34.8 Å². The smallest absolute Gasteiger partial charge is 0.335 e. The van der Waals surface area contributed by atoms with Gasteiger partial charge in [0.2, 0.25) is 17.7 Å². The highest BCUT2D eigenvalue weighted by Crippen LogP contribution is 2.34. The SMILES string of the molecule is C=C1CCC(=O)N1OC(=O)CC(CC(=O)COc1ccc(C(NC(=O)CNC(=O)C(CC(=O)ON2C(=O)CCC2=O)NC(=O)CCC[C@@H]2SCC3NC(=O)NC32)c2ccc(C)cc2OC)cc1)C(=O)O. The summed E-state index contributed by atoms with van der Waals surface area (Å²) in [5, 5.41) is 24.3. The fraction of sp³-hybridized carbons (Fsp3) is 0.457. The summed E-state index contributed by atoms with van der Waals surface area (Å²) in [5.41, 5.74) is 2.09. The highest BCUT2D eigenvalue weighted by Gasteiger charge is 2.43. The number of aryl methyl sites for hydroxylation is 1. The van der Waals surface area contributed by atoms with Crippen molar-refractivity contribution in [1.29, 1.82) is 0 Å². The minimum atomic E-state index is -1.59. The third kappa shape index (κ3) is 13.8. The van der Waals surface area contributed by atoms with Crippen LogP contribution in [-0.4, -0.2) is 130 Å². The standard InChI is InChI=1S/C46H53N7O16S/c1-24-7-13-30(33(17-24)66-3)42(26-9-11-29(12-10-26)67-22-28(54)18-27(45(63)64)19-40(60)68-52-25(2)8-14-37(52)57)50-36(56)21-47-44(62)31(20-41(61)69-53-38(58)15-16-39(53)59)48-35(55)6-4-5-34-43-32(23-70-34)49-46(65)51-43/h7,9-13,17,27,31-32,34,42-43H,2,4-6,8,14-16,18-23H2,1,3H3,(H,47,62)(H,48,55)(H,50,56)(H,63,64)(H2,49,51,65)/t27?,31?,32?,34-,42?,43?/m0/s1. The number of hydroxylamine groups is 4. The maximum absolute atomic E-state index is 13.7. The molecule has 0 bridgehead atoms. The number of aliphatic carboxylic acids is 1. The molecule has 5 unspecified atom stereocenters. The molecule has 4 aliphatic heterocycles. The highest BCUT2D eigenvalue weighted by atomic mass is 32.2. The van der Waals surface area contributed by atoms with Crippen molar-refractivity contribution in [1.82, 2.24) is 36.7 Å². The molecular weight excluding hydrogens is 939 g/mol. The monoisotopic (exact) mass is 991 g/mol. The Bertz CT molecular complexity index is 2400. The van der Waals surface area contributed by atoms with Crippen LogP contribution in [0.25, 0.3) is 0 Å². The molecular formula is C46H53N7O16S. The topological polar surface area (TPSA) is 312 Å². The zero-order chi connectivity index (χ0) is 50.6. The number of imide groups is 1. The van der Waals surface area contributed by atoms with Gasteiger partial charge in [-0.05, 0) is 55.5 Å². The van der Waals surface area contributed by atoms with E-state index in [0.717, 1.165) is 16.4 Å². The van der Waals surface area contributed by atoms with Gasteiger partial charge in [0.1, 0.15) is 24.1 Å². The van der Waals surface area contributed by atoms with Gasteiger partial charge in [0.05, 0.1) is 56.2 Å². The lowest BCUT2D eigenvalue weighted by Crippen LogP contribution is -2.50. The molecule has 6 rings (SSSR count). The Hall–Kier alpha value is -7.50. The van der Waals surface area contributed by atoms with Crippen molar-refractivity contribution in [2.24, 2.45) is 5.92 Å². The third-order valence-electron chi connectivity index (χ3n) is 11.7. The number of Topliss-reactive ketones (excluding diaryl/α,β-unsaturated/α-hetero) is 1. The maximum Gasteiger partial charge on any atom is 0.335 e. The number of fused-ring (bicyclic) bond motifs is 1. The minimum Gasteiger partial charge on any atom is -0.496 e. The number of hydrogen-bond acceptors (Lipinski definition) is 16. The normalized spacial score (nSPS) is 19.6. The van der Waals surface area contributed by atoms with Crippen LogP contribution in [0.3, 0.4) is 0 Å². The van der Waals surface area contributed by atoms with Crippen LogP contribution in [0.1, 0.15) is 86.9 Å². The van der Waals surface area contributed by atoms with Crippen molar-refractivity contribution < 1.29 is 77.0 Å². The molecule has 6 atom stereocenters. The lowest BCUT2D eigenvalue weighted by molar-refractivity contribution is -0.197. The van der Waals surface area contributed by atoms with Gasteiger partial charge in [-0.25, -0.2) is 14.4 Å². The Balaban J connectivity index is 1.07. The van der Waals surface area contributed by atoms with E-state index in [4.69, 9.17) is 19.1 Å². The van der Waals surface area contributed by atoms with Crippen molar-refractivity contribution in [2.45, 2.75) is 101 Å². The predicted molar refractivity (Wildman–Crippen MR) is 242 cm³/mol. The molecule has 0 spiro atoms. The van der Waals surface area contributed by atoms with E-state index in [1.807, 2.05) is 6.92 Å². The molecule has 4 fully saturated rings. The van der Waals surface area contributed by atoms with Crippen LogP contribution < -0.4 is 36.1 Å². The van der Waals surface area contributed by atoms with Gasteiger partial charge in [0.25, 0.3) is 17.7 Å². The summed E-state index contributed by atoms with van der Waals surface area (Å²) in [6, 6.07) is 8.58. The third-order valence-corrected chi connectivity index (χ3v) is 13.2. The van der Waals surface area contributed by atoms with E-state index >= 15 is 0 Å². The molecule has 4 aliphatic rings. The zero-order valence-corrected chi connectivity index (χ0v) is 39.1. The first-order chi connectivity index (χ1) is 33.4. The second-order valence-corrected chi connectivity index (χ2v) is 18.2. The number of ketones is 1. The highest BCUT2D eigenvalue weighted by molar-refractivity contribution is 8.00. The van der Waals surface area contributed by atoms with Crippen LogP contribution >= 0.6 is 11.8 Å². The molecule has 0 aromatic heterocycles. The number of carbonyl (C=O) groups excluding carboxylic acids is 10. The Morgan fingerprint density at radius 2 is 1.51 bits per heavy atom. The van der Waals surface area contributed by atoms with Crippen molar-refractivity contribution in [3.63, 3.8) is 0 Å².